The lowest BCUT2D eigenvalue weighted by Gasteiger charge is -2.26. The number of aromatic nitrogens is 1. The van der Waals surface area contributed by atoms with Gasteiger partial charge in [-0.05, 0) is 107 Å². The minimum atomic E-state index is 0.874. The van der Waals surface area contributed by atoms with E-state index in [2.05, 4.69) is 179 Å². The summed E-state index contributed by atoms with van der Waals surface area (Å²) in [6.45, 7) is 0. The van der Waals surface area contributed by atoms with Crippen molar-refractivity contribution in [3.05, 3.63) is 194 Å². The molecule has 0 aliphatic carbocycles. The molecule has 12 rings (SSSR count). The zero-order valence-corrected chi connectivity index (χ0v) is 30.2. The first-order valence-corrected chi connectivity index (χ1v) is 19.0. The maximum absolute atomic E-state index is 6.22. The summed E-state index contributed by atoms with van der Waals surface area (Å²) in [5.74, 6) is 0. The number of benzene rings is 9. The second-order valence-electron chi connectivity index (χ2n) is 14.5. The Morgan fingerprint density at radius 1 is 0.339 bits per heavy atom. The zero-order valence-electron chi connectivity index (χ0n) is 30.2. The fraction of sp³-hybridized carbons (Fsp3) is 0. The van der Waals surface area contributed by atoms with E-state index >= 15 is 0 Å². The number of hydrogen-bond donors (Lipinski definition) is 0. The van der Waals surface area contributed by atoms with E-state index in [-0.39, 0.29) is 0 Å². The van der Waals surface area contributed by atoms with Gasteiger partial charge in [-0.1, -0.05) is 109 Å². The van der Waals surface area contributed by atoms with E-state index < -0.39 is 0 Å². The standard InChI is InChI=1S/C52H32N2O2/c1-2-10-40-35(9-1)21-28-47-52(40)43-13-3-6-14-46(43)54(47)37-24-19-34(20-25-37)33-17-22-36(23-18-33)53(38-26-29-50-44(31-38)41-11-4-7-15-48(41)55-50)39-27-30-51-45(32-39)42-12-5-8-16-49(42)56-51/h1-32H. The summed E-state index contributed by atoms with van der Waals surface area (Å²) in [5, 5.41) is 9.49. The Morgan fingerprint density at radius 2 is 0.839 bits per heavy atom. The molecular formula is C52H32N2O2. The number of nitrogens with zero attached hydrogens (tertiary/aromatic N) is 2. The third-order valence-corrected chi connectivity index (χ3v) is 11.4. The van der Waals surface area contributed by atoms with Crippen molar-refractivity contribution in [2.24, 2.45) is 0 Å². The molecule has 0 bridgehead atoms. The van der Waals surface area contributed by atoms with Gasteiger partial charge in [0.15, 0.2) is 0 Å². The third kappa shape index (κ3) is 4.66. The summed E-state index contributed by atoms with van der Waals surface area (Å²) in [5.41, 5.74) is 12.6. The van der Waals surface area contributed by atoms with Crippen molar-refractivity contribution in [2.45, 2.75) is 0 Å². The van der Waals surface area contributed by atoms with Crippen LogP contribution in [0.5, 0.6) is 0 Å². The Morgan fingerprint density at radius 3 is 1.48 bits per heavy atom. The first-order valence-electron chi connectivity index (χ1n) is 19.0. The van der Waals surface area contributed by atoms with Crippen molar-refractivity contribution in [3.8, 4) is 16.8 Å². The van der Waals surface area contributed by atoms with Crippen LogP contribution in [0.2, 0.25) is 0 Å². The molecule has 4 heteroatoms. The molecule has 9 aromatic carbocycles. The Bertz CT molecular complexity index is 3360. The molecule has 0 N–H and O–H groups in total. The molecule has 0 spiro atoms. The predicted molar refractivity (Wildman–Crippen MR) is 233 cm³/mol. The van der Waals surface area contributed by atoms with Gasteiger partial charge in [0.05, 0.1) is 11.0 Å². The fourth-order valence-corrected chi connectivity index (χ4v) is 8.78. The number of para-hydroxylation sites is 3. The van der Waals surface area contributed by atoms with Gasteiger partial charge in [-0.15, -0.1) is 0 Å². The fourth-order valence-electron chi connectivity index (χ4n) is 8.78. The molecule has 0 unspecified atom stereocenters. The minimum absolute atomic E-state index is 0.874. The van der Waals surface area contributed by atoms with Crippen molar-refractivity contribution in [1.29, 1.82) is 0 Å². The summed E-state index contributed by atoms with van der Waals surface area (Å²) < 4.78 is 14.8. The van der Waals surface area contributed by atoms with Crippen LogP contribution in [0, 0.1) is 0 Å². The Balaban J connectivity index is 0.956. The van der Waals surface area contributed by atoms with Crippen LogP contribution in [0.4, 0.5) is 17.1 Å². The van der Waals surface area contributed by atoms with Crippen molar-refractivity contribution in [1.82, 2.24) is 4.57 Å². The van der Waals surface area contributed by atoms with Gasteiger partial charge < -0.3 is 18.3 Å². The minimum Gasteiger partial charge on any atom is -0.456 e. The molecule has 262 valence electrons. The molecule has 0 fully saturated rings. The van der Waals surface area contributed by atoms with Crippen LogP contribution in [0.1, 0.15) is 0 Å². The molecule has 4 nitrogen and oxygen atoms in total. The molecule has 0 aliphatic rings. The number of hydrogen-bond acceptors (Lipinski definition) is 3. The average molecular weight is 717 g/mol. The summed E-state index contributed by atoms with van der Waals surface area (Å²) >= 11 is 0. The van der Waals surface area contributed by atoms with E-state index in [1.807, 2.05) is 24.3 Å². The van der Waals surface area contributed by atoms with Crippen molar-refractivity contribution in [2.75, 3.05) is 4.90 Å². The lowest BCUT2D eigenvalue weighted by Crippen LogP contribution is -2.09. The van der Waals surface area contributed by atoms with Crippen molar-refractivity contribution in [3.63, 3.8) is 0 Å². The van der Waals surface area contributed by atoms with Crippen LogP contribution in [0.25, 0.3) is 93.3 Å². The summed E-state index contributed by atoms with van der Waals surface area (Å²) in [7, 11) is 0. The van der Waals surface area contributed by atoms with Crippen LogP contribution < -0.4 is 4.90 Å². The van der Waals surface area contributed by atoms with Crippen LogP contribution in [-0.4, -0.2) is 4.57 Å². The third-order valence-electron chi connectivity index (χ3n) is 11.4. The van der Waals surface area contributed by atoms with Gasteiger partial charge in [0.25, 0.3) is 0 Å². The summed E-state index contributed by atoms with van der Waals surface area (Å²) in [6.07, 6.45) is 0. The molecule has 0 radical (unpaired) electrons. The predicted octanol–water partition coefficient (Wildman–Crippen LogP) is 14.9. The number of furan rings is 2. The van der Waals surface area contributed by atoms with E-state index in [0.29, 0.717) is 0 Å². The quantitative estimate of drug-likeness (QED) is 0.178. The molecule has 0 saturated carbocycles. The Kier molecular flexibility index (Phi) is 6.60. The van der Waals surface area contributed by atoms with Crippen LogP contribution in [0.15, 0.2) is 203 Å². The topological polar surface area (TPSA) is 34.5 Å². The smallest absolute Gasteiger partial charge is 0.135 e. The molecule has 3 aromatic heterocycles. The molecule has 0 atom stereocenters. The van der Waals surface area contributed by atoms with E-state index in [0.717, 1.165) is 77.8 Å². The highest BCUT2D eigenvalue weighted by Gasteiger charge is 2.19. The highest BCUT2D eigenvalue weighted by Crippen LogP contribution is 2.42. The van der Waals surface area contributed by atoms with Gasteiger partial charge in [-0.2, -0.15) is 0 Å². The van der Waals surface area contributed by atoms with Gasteiger partial charge in [0, 0.05) is 55.1 Å². The van der Waals surface area contributed by atoms with E-state index in [1.165, 1.54) is 32.6 Å². The highest BCUT2D eigenvalue weighted by molar-refractivity contribution is 6.21. The lowest BCUT2D eigenvalue weighted by molar-refractivity contribution is 0.668. The second kappa shape index (κ2) is 12.0. The molecule has 56 heavy (non-hydrogen) atoms. The lowest BCUT2D eigenvalue weighted by atomic mass is 10.0. The maximum Gasteiger partial charge on any atom is 0.135 e. The summed E-state index contributed by atoms with van der Waals surface area (Å²) in [4.78, 5) is 2.32. The highest BCUT2D eigenvalue weighted by atomic mass is 16.3. The average Bonchev–Trinajstić information content (AvgIpc) is 3.93. The Labute approximate surface area is 321 Å². The SMILES string of the molecule is c1ccc2c(c1)ccc1c2c2ccccc2n1-c1ccc(-c2ccc(N(c3ccc4oc5ccccc5c4c3)c3ccc4oc5ccccc5c4c3)cc2)cc1. The van der Waals surface area contributed by atoms with Crippen molar-refractivity contribution >= 4 is 93.5 Å². The van der Waals surface area contributed by atoms with Crippen LogP contribution >= 0.6 is 0 Å². The maximum atomic E-state index is 6.22. The molecule has 0 aliphatic heterocycles. The van der Waals surface area contributed by atoms with Gasteiger partial charge in [-0.25, -0.2) is 0 Å². The van der Waals surface area contributed by atoms with Gasteiger partial charge in [0.1, 0.15) is 22.3 Å². The van der Waals surface area contributed by atoms with Crippen LogP contribution in [0.3, 0.4) is 0 Å². The second-order valence-corrected chi connectivity index (χ2v) is 14.5. The normalized spacial score (nSPS) is 11.9. The molecule has 0 amide bonds. The molecule has 0 saturated heterocycles. The van der Waals surface area contributed by atoms with E-state index in [4.69, 9.17) is 8.83 Å². The largest absolute Gasteiger partial charge is 0.456 e. The van der Waals surface area contributed by atoms with Gasteiger partial charge >= 0.3 is 0 Å². The van der Waals surface area contributed by atoms with Gasteiger partial charge in [-0.3, -0.25) is 0 Å². The Hall–Kier alpha value is -7.56. The van der Waals surface area contributed by atoms with Crippen molar-refractivity contribution < 1.29 is 8.83 Å². The molecule has 12 aromatic rings. The zero-order chi connectivity index (χ0) is 36.7. The van der Waals surface area contributed by atoms with E-state index in [1.54, 1.807) is 0 Å². The number of anilines is 3. The molecular weight excluding hydrogens is 685 g/mol. The first kappa shape index (κ1) is 30.9. The van der Waals surface area contributed by atoms with Gasteiger partial charge in [0.2, 0.25) is 0 Å². The van der Waals surface area contributed by atoms with Crippen LogP contribution in [-0.2, 0) is 0 Å². The summed E-state index contributed by atoms with van der Waals surface area (Å²) in [6, 6.07) is 69.1. The van der Waals surface area contributed by atoms with E-state index in [9.17, 15) is 0 Å². The number of rotatable bonds is 5. The first-order chi connectivity index (χ1) is 27.7. The monoisotopic (exact) mass is 716 g/mol. The number of fused-ring (bicyclic) bond motifs is 11. The molecule has 3 heterocycles.